The van der Waals surface area contributed by atoms with Crippen LogP contribution in [0, 0.1) is 0 Å². The third-order valence-corrected chi connectivity index (χ3v) is 3.81. The molecule has 1 amide bonds. The van der Waals surface area contributed by atoms with E-state index < -0.39 is 12.1 Å². The van der Waals surface area contributed by atoms with Gasteiger partial charge in [0.2, 0.25) is 0 Å². The Morgan fingerprint density at radius 2 is 1.69 bits per heavy atom. The molecule has 1 aromatic carbocycles. The van der Waals surface area contributed by atoms with Crippen LogP contribution in [-0.4, -0.2) is 41.8 Å². The maximum absolute atomic E-state index is 11.7. The number of aliphatic carboxylic acids is 1. The summed E-state index contributed by atoms with van der Waals surface area (Å²) in [6, 6.07) is 7.48. The first-order valence-corrected chi connectivity index (χ1v) is 8.19. The van der Waals surface area contributed by atoms with Gasteiger partial charge >= 0.3 is 12.1 Å². The summed E-state index contributed by atoms with van der Waals surface area (Å²) in [6.45, 7) is 0.0319. The van der Waals surface area contributed by atoms with E-state index in [1.54, 1.807) is 24.3 Å². The van der Waals surface area contributed by atoms with E-state index in [1.807, 2.05) is 0 Å². The van der Waals surface area contributed by atoms with Gasteiger partial charge in [-0.05, 0) is 49.9 Å². The summed E-state index contributed by atoms with van der Waals surface area (Å²) in [7, 11) is 0. The van der Waals surface area contributed by atoms with E-state index in [2.05, 4.69) is 5.32 Å². The van der Waals surface area contributed by atoms with Crippen LogP contribution in [0.3, 0.4) is 0 Å². The molecule has 0 bridgehead atoms. The third-order valence-electron chi connectivity index (χ3n) is 3.56. The van der Waals surface area contributed by atoms with Gasteiger partial charge in [0.25, 0.3) is 5.91 Å². The van der Waals surface area contributed by atoms with Gasteiger partial charge in [-0.25, -0.2) is 4.79 Å². The largest absolute Gasteiger partial charge is 0.490 e. The number of halogens is 4. The number of carboxylic acid groups (broad SMARTS) is 1. The second kappa shape index (κ2) is 10.2. The molecule has 1 saturated carbocycles. The van der Waals surface area contributed by atoms with Crippen LogP contribution in [0.2, 0.25) is 5.02 Å². The minimum absolute atomic E-state index is 0.0319. The highest BCUT2D eigenvalue weighted by Crippen LogP contribution is 2.17. The second-order valence-electron chi connectivity index (χ2n) is 5.72. The molecule has 1 aliphatic carbocycles. The average molecular weight is 397 g/mol. The number of carboxylic acids is 1. The third kappa shape index (κ3) is 8.91. The smallest absolute Gasteiger partial charge is 0.484 e. The monoisotopic (exact) mass is 396 g/mol. The fourth-order valence-electron chi connectivity index (χ4n) is 2.21. The van der Waals surface area contributed by atoms with Crippen molar-refractivity contribution >= 4 is 23.5 Å². The number of nitrogens with one attached hydrogen (secondary N) is 1. The SMILES string of the molecule is NC1CCC(NC(=O)COc2ccc(Cl)cc2)CC1.O=C(O)C(F)(F)F. The predicted molar refractivity (Wildman–Crippen MR) is 89.0 cm³/mol. The van der Waals surface area contributed by atoms with Crippen molar-refractivity contribution < 1.29 is 32.6 Å². The standard InChI is InChI=1S/C14H19ClN2O2.C2HF3O2/c15-10-1-7-13(8-2-10)19-9-14(18)17-12-5-3-11(16)4-6-12;3-2(4,5)1(6)7/h1-2,7-8,11-12H,3-6,9,16H2,(H,17,18);(H,6,7). The summed E-state index contributed by atoms with van der Waals surface area (Å²) < 4.78 is 37.1. The average Bonchev–Trinajstić information content (AvgIpc) is 2.56. The quantitative estimate of drug-likeness (QED) is 0.726. The lowest BCUT2D eigenvalue weighted by Gasteiger charge is -2.26. The number of hydrogen-bond acceptors (Lipinski definition) is 4. The molecule has 0 saturated heterocycles. The van der Waals surface area contributed by atoms with E-state index in [9.17, 15) is 18.0 Å². The molecule has 0 atom stereocenters. The van der Waals surface area contributed by atoms with Crippen LogP contribution in [0.1, 0.15) is 25.7 Å². The zero-order valence-electron chi connectivity index (χ0n) is 13.8. The zero-order valence-corrected chi connectivity index (χ0v) is 14.5. The molecule has 0 unspecified atom stereocenters. The molecule has 0 heterocycles. The van der Waals surface area contributed by atoms with E-state index >= 15 is 0 Å². The molecule has 0 aromatic heterocycles. The molecule has 1 aromatic rings. The van der Waals surface area contributed by atoms with E-state index in [-0.39, 0.29) is 18.6 Å². The first-order valence-electron chi connectivity index (χ1n) is 7.81. The van der Waals surface area contributed by atoms with Crippen LogP contribution in [0.4, 0.5) is 13.2 Å². The summed E-state index contributed by atoms with van der Waals surface area (Å²) in [5.41, 5.74) is 5.83. The van der Waals surface area contributed by atoms with Crippen molar-refractivity contribution in [1.82, 2.24) is 5.32 Å². The van der Waals surface area contributed by atoms with Crippen LogP contribution >= 0.6 is 11.6 Å². The summed E-state index contributed by atoms with van der Waals surface area (Å²) in [5.74, 6) is -2.20. The minimum Gasteiger partial charge on any atom is -0.484 e. The Kier molecular flexibility index (Phi) is 8.67. The molecule has 1 fully saturated rings. The van der Waals surface area contributed by atoms with E-state index in [4.69, 9.17) is 32.0 Å². The fourth-order valence-corrected chi connectivity index (χ4v) is 2.34. The van der Waals surface area contributed by atoms with E-state index in [0.717, 1.165) is 25.7 Å². The van der Waals surface area contributed by atoms with Gasteiger partial charge in [0.05, 0.1) is 0 Å². The number of amides is 1. The Hall–Kier alpha value is -2.00. The summed E-state index contributed by atoms with van der Waals surface area (Å²) >= 11 is 5.77. The summed E-state index contributed by atoms with van der Waals surface area (Å²) in [5, 5.41) is 10.7. The van der Waals surface area contributed by atoms with E-state index in [0.29, 0.717) is 16.8 Å². The number of benzene rings is 1. The maximum Gasteiger partial charge on any atom is 0.490 e. The Labute approximate surface area is 153 Å². The molecule has 6 nitrogen and oxygen atoms in total. The van der Waals surface area contributed by atoms with E-state index in [1.165, 1.54) is 0 Å². The number of carbonyl (C=O) groups excluding carboxylic acids is 1. The number of ether oxygens (including phenoxy) is 1. The van der Waals surface area contributed by atoms with Crippen LogP contribution in [-0.2, 0) is 9.59 Å². The van der Waals surface area contributed by atoms with Crippen molar-refractivity contribution in [3.8, 4) is 5.75 Å². The highest BCUT2D eigenvalue weighted by molar-refractivity contribution is 6.30. The number of alkyl halides is 3. The molecular formula is C16H20ClF3N2O4. The van der Waals surface area contributed by atoms with Crippen molar-refractivity contribution in [3.05, 3.63) is 29.3 Å². The number of nitrogens with two attached hydrogens (primary N) is 1. The first-order chi connectivity index (χ1) is 12.1. The molecule has 0 spiro atoms. The topological polar surface area (TPSA) is 102 Å². The molecule has 4 N–H and O–H groups in total. The number of carbonyl (C=O) groups is 2. The molecule has 2 rings (SSSR count). The molecule has 146 valence electrons. The lowest BCUT2D eigenvalue weighted by Crippen LogP contribution is -2.42. The summed E-state index contributed by atoms with van der Waals surface area (Å²) in [6.07, 6.45) is -1.23. The van der Waals surface area contributed by atoms with Gasteiger partial charge in [0.1, 0.15) is 5.75 Å². The van der Waals surface area contributed by atoms with Gasteiger partial charge in [-0.3, -0.25) is 4.79 Å². The molecule has 1 aliphatic rings. The zero-order chi connectivity index (χ0) is 19.7. The Morgan fingerprint density at radius 1 is 1.19 bits per heavy atom. The van der Waals surface area contributed by atoms with Crippen molar-refractivity contribution in [3.63, 3.8) is 0 Å². The normalized spacial score (nSPS) is 19.7. The molecule has 26 heavy (non-hydrogen) atoms. The fraction of sp³-hybridized carbons (Fsp3) is 0.500. The lowest BCUT2D eigenvalue weighted by molar-refractivity contribution is -0.192. The molecular weight excluding hydrogens is 377 g/mol. The van der Waals surface area contributed by atoms with Crippen molar-refractivity contribution in [2.24, 2.45) is 5.73 Å². The Morgan fingerprint density at radius 3 is 2.15 bits per heavy atom. The van der Waals surface area contributed by atoms with Crippen molar-refractivity contribution in [2.75, 3.05) is 6.61 Å². The molecule has 10 heteroatoms. The number of rotatable bonds is 4. The highest BCUT2D eigenvalue weighted by Gasteiger charge is 2.38. The lowest BCUT2D eigenvalue weighted by atomic mass is 9.92. The minimum atomic E-state index is -5.08. The second-order valence-corrected chi connectivity index (χ2v) is 6.16. The van der Waals surface area contributed by atoms with Crippen LogP contribution in [0.15, 0.2) is 24.3 Å². The predicted octanol–water partition coefficient (Wildman–Crippen LogP) is 2.74. The van der Waals surface area contributed by atoms with Gasteiger partial charge < -0.3 is 20.9 Å². The first kappa shape index (κ1) is 22.0. The maximum atomic E-state index is 11.7. The Balaban J connectivity index is 0.000000412. The highest BCUT2D eigenvalue weighted by atomic mass is 35.5. The van der Waals surface area contributed by atoms with Crippen LogP contribution in [0.5, 0.6) is 5.75 Å². The molecule has 0 radical (unpaired) electrons. The molecule has 0 aliphatic heterocycles. The van der Waals surface area contributed by atoms with Crippen LogP contribution in [0.25, 0.3) is 0 Å². The summed E-state index contributed by atoms with van der Waals surface area (Å²) in [4.78, 5) is 20.6. The van der Waals surface area contributed by atoms with Crippen molar-refractivity contribution in [1.29, 1.82) is 0 Å². The van der Waals surface area contributed by atoms with Gasteiger partial charge in [-0.2, -0.15) is 13.2 Å². The van der Waals surface area contributed by atoms with Gasteiger partial charge in [-0.1, -0.05) is 11.6 Å². The number of hydrogen-bond donors (Lipinski definition) is 3. The Bertz CT molecular complexity index is 588. The van der Waals surface area contributed by atoms with Gasteiger partial charge in [0, 0.05) is 17.1 Å². The van der Waals surface area contributed by atoms with Gasteiger partial charge in [0.15, 0.2) is 6.61 Å². The van der Waals surface area contributed by atoms with Gasteiger partial charge in [-0.15, -0.1) is 0 Å². The van der Waals surface area contributed by atoms with Crippen LogP contribution < -0.4 is 15.8 Å². The van der Waals surface area contributed by atoms with Crippen molar-refractivity contribution in [2.45, 2.75) is 43.9 Å².